The lowest BCUT2D eigenvalue weighted by Gasteiger charge is -2.23. The Morgan fingerprint density at radius 1 is 1.20 bits per heavy atom. The van der Waals surface area contributed by atoms with Gasteiger partial charge in [-0.25, -0.2) is 9.78 Å². The molecule has 0 saturated carbocycles. The molecule has 30 heavy (non-hydrogen) atoms. The van der Waals surface area contributed by atoms with Gasteiger partial charge in [-0.15, -0.1) is 0 Å². The summed E-state index contributed by atoms with van der Waals surface area (Å²) in [7, 11) is 1.95. The van der Waals surface area contributed by atoms with Gasteiger partial charge in [-0.05, 0) is 44.5 Å². The van der Waals surface area contributed by atoms with Gasteiger partial charge in [0.15, 0.2) is 0 Å². The number of rotatable bonds is 5. The van der Waals surface area contributed by atoms with E-state index in [4.69, 9.17) is 16.3 Å². The summed E-state index contributed by atoms with van der Waals surface area (Å²) in [6, 6.07) is 10.3. The van der Waals surface area contributed by atoms with Crippen LogP contribution in [0.1, 0.15) is 26.3 Å². The first-order valence-electron chi connectivity index (χ1n) is 9.57. The molecule has 0 fully saturated rings. The number of ether oxygens (including phenoxy) is 1. The summed E-state index contributed by atoms with van der Waals surface area (Å²) in [6.07, 6.45) is 3.07. The van der Waals surface area contributed by atoms with E-state index in [1.54, 1.807) is 32.9 Å². The molecule has 0 aliphatic rings. The molecule has 1 aromatic carbocycles. The lowest BCUT2D eigenvalue weighted by Crippen LogP contribution is -2.47. The first kappa shape index (κ1) is 21.6. The quantitative estimate of drug-likeness (QED) is 0.593. The van der Waals surface area contributed by atoms with Gasteiger partial charge < -0.3 is 19.9 Å². The van der Waals surface area contributed by atoms with Crippen LogP contribution in [0.3, 0.4) is 0 Å². The number of nitrogens with zero attached hydrogens (tertiary/aromatic N) is 2. The van der Waals surface area contributed by atoms with E-state index < -0.39 is 17.7 Å². The van der Waals surface area contributed by atoms with Gasteiger partial charge in [-0.1, -0.05) is 29.8 Å². The molecule has 2 N–H and O–H groups in total. The van der Waals surface area contributed by atoms with Crippen LogP contribution in [0.2, 0.25) is 5.15 Å². The molecule has 3 aromatic rings. The first-order valence-corrected chi connectivity index (χ1v) is 9.95. The van der Waals surface area contributed by atoms with Crippen molar-refractivity contribution in [1.82, 2.24) is 14.9 Å². The smallest absolute Gasteiger partial charge is 0.408 e. The molecule has 1 unspecified atom stereocenters. The highest BCUT2D eigenvalue weighted by molar-refractivity contribution is 6.29. The van der Waals surface area contributed by atoms with Gasteiger partial charge in [0.05, 0.1) is 11.9 Å². The van der Waals surface area contributed by atoms with Gasteiger partial charge in [-0.3, -0.25) is 4.79 Å². The van der Waals surface area contributed by atoms with Crippen LogP contribution in [0.4, 0.5) is 10.5 Å². The summed E-state index contributed by atoms with van der Waals surface area (Å²) in [5.74, 6) is -0.377. The summed E-state index contributed by atoms with van der Waals surface area (Å²) in [5, 5.41) is 6.82. The van der Waals surface area contributed by atoms with E-state index in [0.717, 1.165) is 16.5 Å². The molecule has 158 valence electrons. The van der Waals surface area contributed by atoms with Crippen molar-refractivity contribution in [3.63, 3.8) is 0 Å². The molecule has 0 saturated heterocycles. The third-order valence-corrected chi connectivity index (χ3v) is 4.63. The maximum absolute atomic E-state index is 13.0. The number of fused-ring (bicyclic) bond motifs is 1. The molecule has 2 amide bonds. The van der Waals surface area contributed by atoms with Crippen LogP contribution in [-0.2, 0) is 23.0 Å². The molecule has 2 heterocycles. The molecule has 0 aliphatic carbocycles. The van der Waals surface area contributed by atoms with E-state index in [0.29, 0.717) is 17.3 Å². The molecule has 7 nitrogen and oxygen atoms in total. The number of aromatic nitrogens is 2. The number of nitrogens with one attached hydrogen (secondary N) is 2. The topological polar surface area (TPSA) is 85.2 Å². The Hall–Kier alpha value is -3.06. The van der Waals surface area contributed by atoms with Gasteiger partial charge in [0, 0.05) is 30.6 Å². The second-order valence-corrected chi connectivity index (χ2v) is 8.43. The van der Waals surface area contributed by atoms with Gasteiger partial charge in [-0.2, -0.15) is 0 Å². The van der Waals surface area contributed by atoms with Crippen LogP contribution in [0.25, 0.3) is 10.9 Å². The highest BCUT2D eigenvalue weighted by atomic mass is 35.5. The number of amides is 2. The molecule has 2 aromatic heterocycles. The molecule has 0 bridgehead atoms. The highest BCUT2D eigenvalue weighted by Gasteiger charge is 2.26. The molecule has 3 rings (SSSR count). The molecule has 0 aliphatic heterocycles. The van der Waals surface area contributed by atoms with Crippen LogP contribution >= 0.6 is 11.6 Å². The van der Waals surface area contributed by atoms with Gasteiger partial charge in [0.25, 0.3) is 0 Å². The summed E-state index contributed by atoms with van der Waals surface area (Å²) in [5.41, 5.74) is 1.80. The summed E-state index contributed by atoms with van der Waals surface area (Å²) in [4.78, 5) is 29.3. The number of benzene rings is 1. The minimum Gasteiger partial charge on any atom is -0.444 e. The molecule has 8 heteroatoms. The number of carbonyl (C=O) groups excluding carboxylic acids is 2. The average Bonchev–Trinajstić information content (AvgIpc) is 2.97. The van der Waals surface area contributed by atoms with Gasteiger partial charge in [0.2, 0.25) is 5.91 Å². The Bertz CT molecular complexity index is 1050. The lowest BCUT2D eigenvalue weighted by atomic mass is 10.0. The van der Waals surface area contributed by atoms with E-state index in [2.05, 4.69) is 15.6 Å². The summed E-state index contributed by atoms with van der Waals surface area (Å²) in [6.45, 7) is 5.31. The molecular formula is C22H25ClN4O3. The van der Waals surface area contributed by atoms with E-state index >= 15 is 0 Å². The molecule has 1 atom stereocenters. The minimum atomic E-state index is -0.846. The Labute approximate surface area is 180 Å². The van der Waals surface area contributed by atoms with Crippen molar-refractivity contribution >= 4 is 40.2 Å². The van der Waals surface area contributed by atoms with E-state index in [9.17, 15) is 9.59 Å². The van der Waals surface area contributed by atoms with E-state index in [-0.39, 0.29) is 5.91 Å². The van der Waals surface area contributed by atoms with Crippen molar-refractivity contribution in [1.29, 1.82) is 0 Å². The number of pyridine rings is 1. The maximum Gasteiger partial charge on any atom is 0.408 e. The molecule has 0 radical (unpaired) electrons. The third kappa shape index (κ3) is 5.51. The Morgan fingerprint density at radius 2 is 1.93 bits per heavy atom. The van der Waals surface area contributed by atoms with E-state index in [1.165, 1.54) is 6.20 Å². The SMILES string of the molecule is Cn1cc(CC(NC(=O)OC(C)(C)C)C(=O)Nc2ccc(Cl)nc2)c2ccccc21. The Kier molecular flexibility index (Phi) is 6.31. The number of hydrogen-bond acceptors (Lipinski definition) is 4. The fraction of sp³-hybridized carbons (Fsp3) is 0.318. The summed E-state index contributed by atoms with van der Waals surface area (Å²) >= 11 is 5.81. The zero-order valence-corrected chi connectivity index (χ0v) is 18.2. The third-order valence-electron chi connectivity index (χ3n) is 4.41. The zero-order chi connectivity index (χ0) is 21.9. The second kappa shape index (κ2) is 8.75. The number of alkyl carbamates (subject to hydrolysis) is 1. The van der Waals surface area contributed by atoms with Gasteiger partial charge in [0.1, 0.15) is 16.8 Å². The van der Waals surface area contributed by atoms with Crippen molar-refractivity contribution in [2.24, 2.45) is 7.05 Å². The molecular weight excluding hydrogens is 404 g/mol. The highest BCUT2D eigenvalue weighted by Crippen LogP contribution is 2.22. The van der Waals surface area contributed by atoms with Crippen molar-refractivity contribution in [3.8, 4) is 0 Å². The van der Waals surface area contributed by atoms with Crippen LogP contribution < -0.4 is 10.6 Å². The summed E-state index contributed by atoms with van der Waals surface area (Å²) < 4.78 is 7.35. The Morgan fingerprint density at radius 3 is 2.60 bits per heavy atom. The zero-order valence-electron chi connectivity index (χ0n) is 17.4. The number of carbonyl (C=O) groups is 2. The predicted octanol–water partition coefficient (Wildman–Crippen LogP) is 4.30. The lowest BCUT2D eigenvalue weighted by molar-refractivity contribution is -0.118. The van der Waals surface area contributed by atoms with Crippen molar-refractivity contribution in [2.75, 3.05) is 5.32 Å². The number of para-hydroxylation sites is 1. The molecule has 0 spiro atoms. The van der Waals surface area contributed by atoms with Crippen LogP contribution in [0.5, 0.6) is 0 Å². The normalized spacial score (nSPS) is 12.4. The van der Waals surface area contributed by atoms with Crippen LogP contribution in [0, 0.1) is 0 Å². The van der Waals surface area contributed by atoms with Crippen molar-refractivity contribution < 1.29 is 14.3 Å². The Balaban J connectivity index is 1.85. The van der Waals surface area contributed by atoms with Crippen LogP contribution in [0.15, 0.2) is 48.8 Å². The maximum atomic E-state index is 13.0. The number of aryl methyl sites for hydroxylation is 1. The van der Waals surface area contributed by atoms with E-state index in [1.807, 2.05) is 42.1 Å². The van der Waals surface area contributed by atoms with Gasteiger partial charge >= 0.3 is 6.09 Å². The van der Waals surface area contributed by atoms with Crippen molar-refractivity contribution in [2.45, 2.75) is 38.8 Å². The monoisotopic (exact) mass is 428 g/mol. The number of hydrogen-bond donors (Lipinski definition) is 2. The number of anilines is 1. The minimum absolute atomic E-state index is 0.299. The average molecular weight is 429 g/mol. The van der Waals surface area contributed by atoms with Crippen LogP contribution in [-0.4, -0.2) is 33.2 Å². The standard InChI is InChI=1S/C22H25ClN4O3/c1-22(2,3)30-21(29)26-17(20(28)25-15-9-10-19(23)24-12-15)11-14-13-27(4)18-8-6-5-7-16(14)18/h5-10,12-13,17H,11H2,1-4H3,(H,25,28)(H,26,29). The largest absolute Gasteiger partial charge is 0.444 e. The fourth-order valence-corrected chi connectivity index (χ4v) is 3.26. The fourth-order valence-electron chi connectivity index (χ4n) is 3.15. The second-order valence-electron chi connectivity index (χ2n) is 8.04. The number of halogens is 1. The van der Waals surface area contributed by atoms with Crippen molar-refractivity contribution in [3.05, 3.63) is 59.5 Å². The first-order chi connectivity index (χ1) is 14.1. The predicted molar refractivity (Wildman–Crippen MR) is 118 cm³/mol.